The van der Waals surface area contributed by atoms with Crippen LogP contribution in [0.25, 0.3) is 22.7 Å². The topological polar surface area (TPSA) is 97.1 Å². The third-order valence-corrected chi connectivity index (χ3v) is 2.97. The molecule has 0 fully saturated rings. The molecule has 3 aromatic rings. The predicted molar refractivity (Wildman–Crippen MR) is 79.7 cm³/mol. The second-order valence-electron chi connectivity index (χ2n) is 4.81. The number of hydrogen-bond donors (Lipinski definition) is 1. The summed E-state index contributed by atoms with van der Waals surface area (Å²) in [5.41, 5.74) is 1.56. The quantitative estimate of drug-likeness (QED) is 0.734. The molecule has 0 saturated heterocycles. The number of anilines is 1. The van der Waals surface area contributed by atoms with Gasteiger partial charge in [-0.3, -0.25) is 0 Å². The molecule has 3 rings (SSSR count). The van der Waals surface area contributed by atoms with Crippen LogP contribution in [0.5, 0.6) is 0 Å². The van der Waals surface area contributed by atoms with Crippen LogP contribution < -0.4 is 4.90 Å². The molecule has 1 N–H and O–H groups in total. The van der Waals surface area contributed by atoms with Crippen LogP contribution in [0.15, 0.2) is 22.9 Å². The molecular weight excluding hydrogens is 286 g/mol. The summed E-state index contributed by atoms with van der Waals surface area (Å²) in [5, 5.41) is 0. The van der Waals surface area contributed by atoms with Crippen molar-refractivity contribution in [1.82, 2.24) is 19.9 Å². The molecule has 8 nitrogen and oxygen atoms in total. The number of aromatic amines is 1. The van der Waals surface area contributed by atoms with E-state index in [9.17, 15) is 4.79 Å². The van der Waals surface area contributed by atoms with E-state index in [1.807, 2.05) is 14.1 Å². The zero-order valence-electron chi connectivity index (χ0n) is 12.5. The van der Waals surface area contributed by atoms with Crippen LogP contribution in [0.1, 0.15) is 17.3 Å². The molecule has 0 amide bonds. The van der Waals surface area contributed by atoms with Gasteiger partial charge in [0.05, 0.1) is 18.4 Å². The van der Waals surface area contributed by atoms with Crippen LogP contribution in [0, 0.1) is 0 Å². The first-order chi connectivity index (χ1) is 10.6. The van der Waals surface area contributed by atoms with Crippen molar-refractivity contribution in [2.75, 3.05) is 25.6 Å². The Balaban J connectivity index is 1.95. The normalized spacial score (nSPS) is 10.9. The van der Waals surface area contributed by atoms with E-state index in [0.717, 1.165) is 0 Å². The highest BCUT2D eigenvalue weighted by Gasteiger charge is 2.15. The van der Waals surface area contributed by atoms with Gasteiger partial charge in [0.1, 0.15) is 11.8 Å². The molecule has 22 heavy (non-hydrogen) atoms. The van der Waals surface area contributed by atoms with Gasteiger partial charge in [-0.25, -0.2) is 14.8 Å². The van der Waals surface area contributed by atoms with Crippen molar-refractivity contribution in [3.8, 4) is 11.6 Å². The van der Waals surface area contributed by atoms with E-state index >= 15 is 0 Å². The number of hydrogen-bond acceptors (Lipinski definition) is 7. The highest BCUT2D eigenvalue weighted by molar-refractivity contribution is 5.90. The molecule has 0 spiro atoms. The number of furan rings is 1. The average molecular weight is 301 g/mol. The van der Waals surface area contributed by atoms with Gasteiger partial charge in [-0.15, -0.1) is 0 Å². The lowest BCUT2D eigenvalue weighted by Crippen LogP contribution is -2.12. The maximum Gasteiger partial charge on any atom is 0.341 e. The Morgan fingerprint density at radius 2 is 2.23 bits per heavy atom. The third kappa shape index (κ3) is 2.50. The number of H-pyrrole nitrogens is 1. The lowest BCUT2D eigenvalue weighted by molar-refractivity contribution is 0.0525. The van der Waals surface area contributed by atoms with E-state index in [-0.39, 0.29) is 0 Å². The van der Waals surface area contributed by atoms with Gasteiger partial charge in [-0.1, -0.05) is 0 Å². The Hall–Kier alpha value is -2.90. The molecule has 0 aliphatic heterocycles. The molecule has 114 valence electrons. The first-order valence-electron chi connectivity index (χ1n) is 6.74. The van der Waals surface area contributed by atoms with E-state index in [1.165, 1.54) is 6.26 Å². The number of carbonyl (C=O) groups excluding carboxylic acids is 1. The Kier molecular flexibility index (Phi) is 3.50. The van der Waals surface area contributed by atoms with E-state index in [4.69, 9.17) is 9.15 Å². The summed E-state index contributed by atoms with van der Waals surface area (Å²) in [6.45, 7) is 2.06. The Morgan fingerprint density at radius 1 is 1.41 bits per heavy atom. The Morgan fingerprint density at radius 3 is 2.95 bits per heavy atom. The molecule has 3 aromatic heterocycles. The van der Waals surface area contributed by atoms with Crippen molar-refractivity contribution < 1.29 is 13.9 Å². The van der Waals surface area contributed by atoms with Crippen molar-refractivity contribution in [1.29, 1.82) is 0 Å². The number of nitrogens with one attached hydrogen (secondary N) is 1. The van der Waals surface area contributed by atoms with E-state index < -0.39 is 5.97 Å². The summed E-state index contributed by atoms with van der Waals surface area (Å²) >= 11 is 0. The van der Waals surface area contributed by atoms with Crippen LogP contribution >= 0.6 is 0 Å². The summed E-state index contributed by atoms with van der Waals surface area (Å²) in [7, 11) is 3.71. The lowest BCUT2D eigenvalue weighted by atomic mass is 10.3. The van der Waals surface area contributed by atoms with Crippen molar-refractivity contribution in [2.45, 2.75) is 6.92 Å². The highest BCUT2D eigenvalue weighted by Crippen LogP contribution is 2.22. The summed E-state index contributed by atoms with van der Waals surface area (Å²) in [4.78, 5) is 29.4. The minimum atomic E-state index is -0.428. The van der Waals surface area contributed by atoms with Gasteiger partial charge in [0.2, 0.25) is 5.95 Å². The number of nitrogens with zero attached hydrogens (tertiary/aromatic N) is 4. The third-order valence-electron chi connectivity index (χ3n) is 2.97. The Bertz CT molecular complexity index is 821. The lowest BCUT2D eigenvalue weighted by Gasteiger charge is -2.07. The smallest absolute Gasteiger partial charge is 0.341 e. The van der Waals surface area contributed by atoms with Gasteiger partial charge in [-0.05, 0) is 6.92 Å². The van der Waals surface area contributed by atoms with E-state index in [0.29, 0.717) is 40.9 Å². The molecule has 0 unspecified atom stereocenters. The molecule has 8 heteroatoms. The monoisotopic (exact) mass is 301 g/mol. The number of rotatable bonds is 4. The van der Waals surface area contributed by atoms with Gasteiger partial charge < -0.3 is 19.0 Å². The molecule has 0 radical (unpaired) electrons. The fraction of sp³-hybridized carbons (Fsp3) is 0.286. The molecule has 0 bridgehead atoms. The molecule has 0 atom stereocenters. The van der Waals surface area contributed by atoms with Gasteiger partial charge >= 0.3 is 5.97 Å². The Labute approximate surface area is 126 Å². The fourth-order valence-corrected chi connectivity index (χ4v) is 1.91. The standard InChI is InChI=1S/C14H15N5O3/c1-4-21-13(20)8-5-10(22-7-8)12-16-9-6-15-14(19(2)3)18-11(9)17-12/h5-7H,4H2,1-3H3,(H,15,16,17,18). The number of esters is 1. The van der Waals surface area contributed by atoms with Gasteiger partial charge in [0.15, 0.2) is 17.2 Å². The minimum Gasteiger partial charge on any atom is -0.462 e. The van der Waals surface area contributed by atoms with Crippen LogP contribution in [0.2, 0.25) is 0 Å². The van der Waals surface area contributed by atoms with Gasteiger partial charge in [0, 0.05) is 20.2 Å². The summed E-state index contributed by atoms with van der Waals surface area (Å²) < 4.78 is 10.3. The van der Waals surface area contributed by atoms with Crippen LogP contribution in [0.4, 0.5) is 5.95 Å². The highest BCUT2D eigenvalue weighted by atomic mass is 16.5. The van der Waals surface area contributed by atoms with Gasteiger partial charge in [0.25, 0.3) is 0 Å². The van der Waals surface area contributed by atoms with Crippen molar-refractivity contribution >= 4 is 23.1 Å². The second kappa shape index (κ2) is 5.47. The average Bonchev–Trinajstić information content (AvgIpc) is 3.13. The molecule has 0 aliphatic carbocycles. The molecule has 0 aromatic carbocycles. The van der Waals surface area contributed by atoms with Crippen LogP contribution in [-0.2, 0) is 4.74 Å². The maximum atomic E-state index is 11.6. The molecule has 0 saturated carbocycles. The molecular formula is C14H15N5O3. The minimum absolute atomic E-state index is 0.312. The summed E-state index contributed by atoms with van der Waals surface area (Å²) in [6, 6.07) is 1.58. The van der Waals surface area contributed by atoms with Crippen LogP contribution in [0.3, 0.4) is 0 Å². The predicted octanol–water partition coefficient (Wildman–Crippen LogP) is 1.86. The van der Waals surface area contributed by atoms with Crippen molar-refractivity contribution in [3.05, 3.63) is 24.1 Å². The first-order valence-corrected chi connectivity index (χ1v) is 6.74. The number of carbonyl (C=O) groups is 1. The molecule has 0 aliphatic rings. The van der Waals surface area contributed by atoms with E-state index in [2.05, 4.69) is 19.9 Å². The zero-order valence-corrected chi connectivity index (χ0v) is 12.5. The number of aromatic nitrogens is 4. The van der Waals surface area contributed by atoms with Crippen molar-refractivity contribution in [3.63, 3.8) is 0 Å². The van der Waals surface area contributed by atoms with Crippen LogP contribution in [-0.4, -0.2) is 46.6 Å². The van der Waals surface area contributed by atoms with E-state index in [1.54, 1.807) is 24.1 Å². The fourth-order valence-electron chi connectivity index (χ4n) is 1.91. The summed E-state index contributed by atoms with van der Waals surface area (Å²) in [5.74, 6) is 1.06. The summed E-state index contributed by atoms with van der Waals surface area (Å²) in [6.07, 6.45) is 3.00. The maximum absolute atomic E-state index is 11.6. The zero-order chi connectivity index (χ0) is 15.7. The molecule has 3 heterocycles. The largest absolute Gasteiger partial charge is 0.462 e. The number of ether oxygens (including phenoxy) is 1. The van der Waals surface area contributed by atoms with Gasteiger partial charge in [-0.2, -0.15) is 4.98 Å². The van der Waals surface area contributed by atoms with Crippen molar-refractivity contribution in [2.24, 2.45) is 0 Å². The first kappa shape index (κ1) is 14.1. The number of fused-ring (bicyclic) bond motifs is 1. The SMILES string of the molecule is CCOC(=O)c1coc(-c2nc3nc(N(C)C)ncc3[nH]2)c1. The second-order valence-corrected chi connectivity index (χ2v) is 4.81. The number of imidazole rings is 1.